The van der Waals surface area contributed by atoms with E-state index in [1.54, 1.807) is 30.3 Å². The Bertz CT molecular complexity index is 958. The topological polar surface area (TPSA) is 64.0 Å². The highest BCUT2D eigenvalue weighted by Crippen LogP contribution is 2.32. The summed E-state index contributed by atoms with van der Waals surface area (Å²) in [5, 5.41) is 8.84. The van der Waals surface area contributed by atoms with Crippen LogP contribution in [0.5, 0.6) is 0 Å². The van der Waals surface area contributed by atoms with E-state index in [0.717, 1.165) is 37.0 Å². The first kappa shape index (κ1) is 15.4. The summed E-state index contributed by atoms with van der Waals surface area (Å²) in [6.07, 6.45) is 1.96. The molecule has 0 bridgehead atoms. The molecular weight excluding hydrogens is 322 g/mol. The zero-order valence-corrected chi connectivity index (χ0v) is 14.0. The minimum absolute atomic E-state index is 0.259. The molecule has 2 aromatic carbocycles. The van der Waals surface area contributed by atoms with E-state index in [2.05, 4.69) is 10.4 Å². The standard InChI is InChI=1S/C18H19N3O2S/c22-24(23,15-6-2-1-3-7-15)21-17-9-5-4-8-16(17)18(20-21)14-10-12-19-13-11-14/h1-9,14,19H,10-13H2. The molecule has 1 saturated heterocycles. The highest BCUT2D eigenvalue weighted by molar-refractivity contribution is 7.90. The van der Waals surface area contributed by atoms with Gasteiger partial charge in [-0.2, -0.15) is 17.6 Å². The summed E-state index contributed by atoms with van der Waals surface area (Å²) >= 11 is 0. The van der Waals surface area contributed by atoms with Gasteiger partial charge in [0.2, 0.25) is 0 Å². The third-order valence-electron chi connectivity index (χ3n) is 4.58. The number of hydrogen-bond donors (Lipinski definition) is 1. The van der Waals surface area contributed by atoms with E-state index in [-0.39, 0.29) is 4.90 Å². The van der Waals surface area contributed by atoms with Crippen LogP contribution in [-0.2, 0) is 10.0 Å². The highest BCUT2D eigenvalue weighted by atomic mass is 32.2. The van der Waals surface area contributed by atoms with Gasteiger partial charge >= 0.3 is 0 Å². The molecule has 0 spiro atoms. The van der Waals surface area contributed by atoms with Gasteiger partial charge in [-0.1, -0.05) is 36.4 Å². The normalized spacial score (nSPS) is 16.5. The van der Waals surface area contributed by atoms with E-state index < -0.39 is 10.0 Å². The van der Waals surface area contributed by atoms with E-state index in [4.69, 9.17) is 0 Å². The molecule has 1 aromatic heterocycles. The first-order chi connectivity index (χ1) is 11.7. The molecule has 2 heterocycles. The van der Waals surface area contributed by atoms with E-state index in [9.17, 15) is 8.42 Å². The van der Waals surface area contributed by atoms with Gasteiger partial charge < -0.3 is 5.32 Å². The Kier molecular flexibility index (Phi) is 3.86. The van der Waals surface area contributed by atoms with Crippen molar-refractivity contribution in [2.75, 3.05) is 13.1 Å². The maximum atomic E-state index is 13.0. The van der Waals surface area contributed by atoms with Crippen molar-refractivity contribution in [2.45, 2.75) is 23.7 Å². The minimum atomic E-state index is -3.69. The van der Waals surface area contributed by atoms with Gasteiger partial charge in [0.05, 0.1) is 16.1 Å². The second kappa shape index (κ2) is 6.03. The molecule has 3 aromatic rings. The molecule has 1 N–H and O–H groups in total. The van der Waals surface area contributed by atoms with Gasteiger partial charge in [0.25, 0.3) is 10.0 Å². The zero-order valence-electron chi connectivity index (χ0n) is 13.2. The maximum Gasteiger partial charge on any atom is 0.283 e. The van der Waals surface area contributed by atoms with Crippen molar-refractivity contribution in [2.24, 2.45) is 0 Å². The molecule has 24 heavy (non-hydrogen) atoms. The number of para-hydroxylation sites is 1. The third kappa shape index (κ3) is 2.52. The van der Waals surface area contributed by atoms with Gasteiger partial charge in [0.15, 0.2) is 0 Å². The fourth-order valence-electron chi connectivity index (χ4n) is 3.34. The van der Waals surface area contributed by atoms with Crippen LogP contribution >= 0.6 is 0 Å². The van der Waals surface area contributed by atoms with Crippen molar-refractivity contribution in [3.8, 4) is 0 Å². The number of rotatable bonds is 3. The number of fused-ring (bicyclic) bond motifs is 1. The molecule has 5 nitrogen and oxygen atoms in total. The van der Waals surface area contributed by atoms with Gasteiger partial charge in [0, 0.05) is 11.3 Å². The summed E-state index contributed by atoms with van der Waals surface area (Å²) < 4.78 is 27.3. The predicted octanol–water partition coefficient (Wildman–Crippen LogP) is 2.74. The van der Waals surface area contributed by atoms with Crippen LogP contribution in [-0.4, -0.2) is 30.7 Å². The first-order valence-corrected chi connectivity index (χ1v) is 9.61. The van der Waals surface area contributed by atoms with Crippen LogP contribution in [0.15, 0.2) is 59.5 Å². The molecular formula is C18H19N3O2S. The molecule has 0 amide bonds. The summed E-state index contributed by atoms with van der Waals surface area (Å²) in [4.78, 5) is 0.259. The molecule has 0 atom stereocenters. The first-order valence-electron chi connectivity index (χ1n) is 8.17. The molecule has 124 valence electrons. The molecule has 0 saturated carbocycles. The van der Waals surface area contributed by atoms with Gasteiger partial charge in [-0.3, -0.25) is 0 Å². The summed E-state index contributed by atoms with van der Waals surface area (Å²) in [6.45, 7) is 1.88. The van der Waals surface area contributed by atoms with Crippen molar-refractivity contribution in [1.29, 1.82) is 0 Å². The SMILES string of the molecule is O=S(=O)(c1ccccc1)n1nc(C2CCNCC2)c2ccccc21. The highest BCUT2D eigenvalue weighted by Gasteiger charge is 2.26. The Balaban J connectivity index is 1.90. The second-order valence-electron chi connectivity index (χ2n) is 6.09. The molecule has 1 fully saturated rings. The predicted molar refractivity (Wildman–Crippen MR) is 93.6 cm³/mol. The molecule has 1 aliphatic rings. The Morgan fingerprint density at radius 3 is 2.38 bits per heavy atom. The molecule has 0 radical (unpaired) electrons. The van der Waals surface area contributed by atoms with Crippen molar-refractivity contribution in [3.63, 3.8) is 0 Å². The van der Waals surface area contributed by atoms with Crippen LogP contribution in [0, 0.1) is 0 Å². The number of nitrogens with zero attached hydrogens (tertiary/aromatic N) is 2. The van der Waals surface area contributed by atoms with Crippen LogP contribution in [0.1, 0.15) is 24.5 Å². The van der Waals surface area contributed by atoms with Gasteiger partial charge in [-0.25, -0.2) is 0 Å². The van der Waals surface area contributed by atoms with E-state index >= 15 is 0 Å². The fraction of sp³-hybridized carbons (Fsp3) is 0.278. The number of aromatic nitrogens is 2. The van der Waals surface area contributed by atoms with Crippen LogP contribution in [0.3, 0.4) is 0 Å². The average Bonchev–Trinajstić information content (AvgIpc) is 3.04. The smallest absolute Gasteiger partial charge is 0.283 e. The molecule has 6 heteroatoms. The van der Waals surface area contributed by atoms with Gasteiger partial charge in [-0.05, 0) is 44.1 Å². The van der Waals surface area contributed by atoms with E-state index in [0.29, 0.717) is 11.4 Å². The summed E-state index contributed by atoms with van der Waals surface area (Å²) in [7, 11) is -3.69. The summed E-state index contributed by atoms with van der Waals surface area (Å²) in [5.41, 5.74) is 1.54. The molecule has 0 aliphatic carbocycles. The average molecular weight is 341 g/mol. The fourth-order valence-corrected chi connectivity index (χ4v) is 4.65. The van der Waals surface area contributed by atoms with Gasteiger partial charge in [0.1, 0.15) is 0 Å². The van der Waals surface area contributed by atoms with Gasteiger partial charge in [-0.15, -0.1) is 0 Å². The Morgan fingerprint density at radius 1 is 0.958 bits per heavy atom. The number of nitrogens with one attached hydrogen (secondary N) is 1. The number of hydrogen-bond acceptors (Lipinski definition) is 4. The molecule has 4 rings (SSSR count). The quantitative estimate of drug-likeness (QED) is 0.796. The van der Waals surface area contributed by atoms with Crippen LogP contribution < -0.4 is 5.32 Å². The Hall–Kier alpha value is -2.18. The van der Waals surface area contributed by atoms with Crippen LogP contribution in [0.4, 0.5) is 0 Å². The number of piperidine rings is 1. The van der Waals surface area contributed by atoms with Crippen LogP contribution in [0.25, 0.3) is 10.9 Å². The Morgan fingerprint density at radius 2 is 1.62 bits per heavy atom. The van der Waals surface area contributed by atoms with E-state index in [1.165, 1.54) is 4.09 Å². The van der Waals surface area contributed by atoms with Crippen molar-refractivity contribution in [3.05, 3.63) is 60.3 Å². The summed E-state index contributed by atoms with van der Waals surface area (Å²) in [6, 6.07) is 16.1. The maximum absolute atomic E-state index is 13.0. The van der Waals surface area contributed by atoms with Crippen molar-refractivity contribution in [1.82, 2.24) is 14.5 Å². The lowest BCUT2D eigenvalue weighted by Gasteiger charge is -2.21. The lowest BCUT2D eigenvalue weighted by atomic mass is 9.93. The van der Waals surface area contributed by atoms with E-state index in [1.807, 2.05) is 24.3 Å². The number of benzene rings is 2. The zero-order chi connectivity index (χ0) is 16.6. The molecule has 0 unspecified atom stereocenters. The second-order valence-corrected chi connectivity index (χ2v) is 7.86. The van der Waals surface area contributed by atoms with Crippen LogP contribution in [0.2, 0.25) is 0 Å². The Labute approximate surface area is 141 Å². The summed E-state index contributed by atoms with van der Waals surface area (Å²) in [5.74, 6) is 0.295. The lowest BCUT2D eigenvalue weighted by Crippen LogP contribution is -2.27. The van der Waals surface area contributed by atoms with Crippen molar-refractivity contribution < 1.29 is 8.42 Å². The lowest BCUT2D eigenvalue weighted by molar-refractivity contribution is 0.453. The third-order valence-corrected chi connectivity index (χ3v) is 6.18. The monoisotopic (exact) mass is 341 g/mol. The molecule has 1 aliphatic heterocycles. The largest absolute Gasteiger partial charge is 0.317 e. The van der Waals surface area contributed by atoms with Crippen molar-refractivity contribution >= 4 is 20.9 Å². The minimum Gasteiger partial charge on any atom is -0.317 e.